The Bertz CT molecular complexity index is 712. The lowest BCUT2D eigenvalue weighted by Gasteiger charge is -2.40. The average Bonchev–Trinajstić information content (AvgIpc) is 3.10. The molecule has 1 unspecified atom stereocenters. The summed E-state index contributed by atoms with van der Waals surface area (Å²) in [7, 11) is 1.75. The molecule has 0 spiro atoms. The molecule has 2 fully saturated rings. The number of nitrogens with zero attached hydrogens (tertiary/aromatic N) is 4. The highest BCUT2D eigenvalue weighted by Crippen LogP contribution is 2.35. The van der Waals surface area contributed by atoms with E-state index in [-0.39, 0.29) is 18.2 Å². The number of carboxylic acids is 1. The molecule has 0 aromatic carbocycles. The van der Waals surface area contributed by atoms with Crippen LogP contribution in [0, 0.1) is 5.92 Å². The van der Waals surface area contributed by atoms with Crippen LogP contribution in [0.1, 0.15) is 32.1 Å². The van der Waals surface area contributed by atoms with Gasteiger partial charge in [-0.15, -0.1) is 0 Å². The zero-order chi connectivity index (χ0) is 22.4. The molecule has 1 aliphatic heterocycles. The Morgan fingerprint density at radius 3 is 2.53 bits per heavy atom. The Hall–Kier alpha value is -2.41. The van der Waals surface area contributed by atoms with Gasteiger partial charge >= 0.3 is 12.1 Å². The van der Waals surface area contributed by atoms with Crippen molar-refractivity contribution < 1.29 is 32.9 Å². The second-order valence-electron chi connectivity index (χ2n) is 7.33. The predicted molar refractivity (Wildman–Crippen MR) is 102 cm³/mol. The fourth-order valence-corrected chi connectivity index (χ4v) is 3.30. The zero-order valence-corrected chi connectivity index (χ0v) is 16.7. The number of rotatable bonds is 7. The Labute approximate surface area is 171 Å². The van der Waals surface area contributed by atoms with Crippen molar-refractivity contribution in [1.29, 1.82) is 0 Å². The molecule has 1 saturated heterocycles. The van der Waals surface area contributed by atoms with Crippen LogP contribution < -0.4 is 16.0 Å². The van der Waals surface area contributed by atoms with E-state index >= 15 is 0 Å². The number of carbonyl (C=O) groups is 1. The minimum absolute atomic E-state index is 0.0958. The summed E-state index contributed by atoms with van der Waals surface area (Å²) < 4.78 is 37.3. The fraction of sp³-hybridized carbons (Fsp3) is 0.765. The summed E-state index contributed by atoms with van der Waals surface area (Å²) in [5, 5.41) is 19.4. The summed E-state index contributed by atoms with van der Waals surface area (Å²) >= 11 is 0. The van der Waals surface area contributed by atoms with E-state index in [4.69, 9.17) is 25.5 Å². The van der Waals surface area contributed by atoms with Crippen LogP contribution in [0.5, 0.6) is 0 Å². The minimum atomic E-state index is -5.08. The molecule has 5 N–H and O–H groups in total. The Morgan fingerprint density at radius 1 is 1.37 bits per heavy atom. The summed E-state index contributed by atoms with van der Waals surface area (Å²) in [4.78, 5) is 23.9. The zero-order valence-electron chi connectivity index (χ0n) is 16.7. The number of ether oxygens (including phenoxy) is 1. The number of alkyl halides is 3. The van der Waals surface area contributed by atoms with E-state index < -0.39 is 12.1 Å². The number of nitrogens with two attached hydrogens (primary N) is 1. The molecular formula is C17H27F3N6O4. The highest BCUT2D eigenvalue weighted by atomic mass is 19.4. The molecule has 2 heterocycles. The molecule has 10 nitrogen and oxygen atoms in total. The number of aliphatic carboxylic acids is 1. The van der Waals surface area contributed by atoms with Gasteiger partial charge in [-0.1, -0.05) is 0 Å². The van der Waals surface area contributed by atoms with Crippen LogP contribution in [0.25, 0.3) is 0 Å². The number of carboxylic acid groups (broad SMARTS) is 1. The molecule has 2 aliphatic rings. The third-order valence-corrected chi connectivity index (χ3v) is 5.26. The third kappa shape index (κ3) is 6.55. The van der Waals surface area contributed by atoms with Crippen LogP contribution in [0.4, 0.5) is 31.0 Å². The number of anilines is 3. The maximum Gasteiger partial charge on any atom is 0.490 e. The predicted octanol–water partition coefficient (Wildman–Crippen LogP) is 1.28. The number of aliphatic hydroxyl groups excluding tert-OH is 1. The van der Waals surface area contributed by atoms with Gasteiger partial charge < -0.3 is 30.9 Å². The van der Waals surface area contributed by atoms with E-state index in [1.54, 1.807) is 7.11 Å². The first kappa shape index (κ1) is 23.9. The van der Waals surface area contributed by atoms with Crippen LogP contribution in [0.15, 0.2) is 0 Å². The summed E-state index contributed by atoms with van der Waals surface area (Å²) in [5.41, 5.74) is 5.74. The summed E-state index contributed by atoms with van der Waals surface area (Å²) in [6.45, 7) is 2.64. The van der Waals surface area contributed by atoms with E-state index in [0.29, 0.717) is 24.4 Å². The van der Waals surface area contributed by atoms with Gasteiger partial charge in [-0.05, 0) is 38.0 Å². The largest absolute Gasteiger partial charge is 0.490 e. The quantitative estimate of drug-likeness (QED) is 0.493. The average molecular weight is 436 g/mol. The maximum atomic E-state index is 10.6. The third-order valence-electron chi connectivity index (χ3n) is 5.26. The first-order valence-corrected chi connectivity index (χ1v) is 9.55. The normalized spacial score (nSPS) is 20.2. The van der Waals surface area contributed by atoms with Crippen LogP contribution in [-0.4, -0.2) is 76.3 Å². The van der Waals surface area contributed by atoms with Crippen LogP contribution in [-0.2, 0) is 9.53 Å². The molecule has 1 aromatic heterocycles. The summed E-state index contributed by atoms with van der Waals surface area (Å²) in [6.07, 6.45) is 0.0815. The standard InChI is InChI=1S/C15H26N6O2.C2HF3O2/c1-23-15(5-2-6-15)10-17-13-18-12(16)19-14(20-13)21-7-3-11(9-21)4-8-22;3-2(4,5)1(6)7/h11,22H,2-10H2,1H3,(H3,16,17,18,19,20);(H,6,7). The first-order valence-electron chi connectivity index (χ1n) is 9.55. The molecular weight excluding hydrogens is 409 g/mol. The highest BCUT2D eigenvalue weighted by molar-refractivity contribution is 5.73. The van der Waals surface area contributed by atoms with Crippen molar-refractivity contribution in [2.75, 3.05) is 49.3 Å². The van der Waals surface area contributed by atoms with Gasteiger partial charge in [0, 0.05) is 33.4 Å². The molecule has 1 saturated carbocycles. The second kappa shape index (κ2) is 10.1. The topological polar surface area (TPSA) is 147 Å². The van der Waals surface area contributed by atoms with Gasteiger partial charge in [0.05, 0.1) is 5.60 Å². The Kier molecular flexibility index (Phi) is 8.01. The van der Waals surface area contributed by atoms with Crippen molar-refractivity contribution in [2.24, 2.45) is 5.92 Å². The molecule has 1 aromatic rings. The van der Waals surface area contributed by atoms with Gasteiger partial charge in [0.15, 0.2) is 0 Å². The van der Waals surface area contributed by atoms with Gasteiger partial charge in [0.2, 0.25) is 17.8 Å². The van der Waals surface area contributed by atoms with Crippen molar-refractivity contribution in [2.45, 2.75) is 43.9 Å². The van der Waals surface area contributed by atoms with Crippen LogP contribution in [0.3, 0.4) is 0 Å². The molecule has 1 aliphatic carbocycles. The van der Waals surface area contributed by atoms with Crippen molar-refractivity contribution in [3.05, 3.63) is 0 Å². The molecule has 1 atom stereocenters. The van der Waals surface area contributed by atoms with E-state index in [0.717, 1.165) is 38.8 Å². The van der Waals surface area contributed by atoms with Gasteiger partial charge in [-0.3, -0.25) is 0 Å². The first-order chi connectivity index (χ1) is 14.1. The number of hydrogen-bond acceptors (Lipinski definition) is 9. The van der Waals surface area contributed by atoms with E-state index in [1.165, 1.54) is 6.42 Å². The second-order valence-corrected chi connectivity index (χ2v) is 7.33. The number of aliphatic hydroxyl groups is 1. The van der Waals surface area contributed by atoms with Crippen molar-refractivity contribution in [3.63, 3.8) is 0 Å². The monoisotopic (exact) mass is 436 g/mol. The van der Waals surface area contributed by atoms with Crippen molar-refractivity contribution in [3.8, 4) is 0 Å². The van der Waals surface area contributed by atoms with Gasteiger partial charge in [0.25, 0.3) is 0 Å². The number of nitrogens with one attached hydrogen (secondary N) is 1. The molecule has 13 heteroatoms. The number of hydrogen-bond donors (Lipinski definition) is 4. The summed E-state index contributed by atoms with van der Waals surface area (Å²) in [6, 6.07) is 0. The number of methoxy groups -OCH3 is 1. The lowest BCUT2D eigenvalue weighted by molar-refractivity contribution is -0.192. The lowest BCUT2D eigenvalue weighted by Crippen LogP contribution is -2.45. The van der Waals surface area contributed by atoms with Gasteiger partial charge in [0.1, 0.15) is 0 Å². The fourth-order valence-electron chi connectivity index (χ4n) is 3.30. The maximum absolute atomic E-state index is 10.6. The van der Waals surface area contributed by atoms with E-state index in [1.807, 2.05) is 0 Å². The number of halogens is 3. The van der Waals surface area contributed by atoms with E-state index in [2.05, 4.69) is 25.2 Å². The van der Waals surface area contributed by atoms with Crippen molar-refractivity contribution in [1.82, 2.24) is 15.0 Å². The summed E-state index contributed by atoms with van der Waals surface area (Å²) in [5.74, 6) is -0.932. The number of nitrogen functional groups attached to an aromatic ring is 1. The van der Waals surface area contributed by atoms with Crippen LogP contribution in [0.2, 0.25) is 0 Å². The highest BCUT2D eigenvalue weighted by Gasteiger charge is 2.38. The van der Waals surface area contributed by atoms with Gasteiger partial charge in [-0.2, -0.15) is 28.1 Å². The molecule has 0 amide bonds. The molecule has 3 rings (SSSR count). The lowest BCUT2D eigenvalue weighted by atomic mass is 9.80. The molecule has 0 radical (unpaired) electrons. The Morgan fingerprint density at radius 2 is 2.03 bits per heavy atom. The SMILES string of the molecule is COC1(CNc2nc(N)nc(N3CCC(CCO)C3)n2)CCC1.O=C(O)C(F)(F)F. The van der Waals surface area contributed by atoms with E-state index in [9.17, 15) is 13.2 Å². The molecule has 0 bridgehead atoms. The number of aromatic nitrogens is 3. The van der Waals surface area contributed by atoms with Crippen LogP contribution >= 0.6 is 0 Å². The van der Waals surface area contributed by atoms with Crippen molar-refractivity contribution >= 4 is 23.8 Å². The smallest absolute Gasteiger partial charge is 0.475 e. The molecule has 170 valence electrons. The Balaban J connectivity index is 0.000000396. The molecule has 30 heavy (non-hydrogen) atoms. The minimum Gasteiger partial charge on any atom is -0.475 e. The van der Waals surface area contributed by atoms with Gasteiger partial charge in [-0.25, -0.2) is 4.79 Å².